The van der Waals surface area contributed by atoms with Gasteiger partial charge in [-0.15, -0.1) is 0 Å². The van der Waals surface area contributed by atoms with E-state index >= 15 is 0 Å². The standard InChI is InChI=1S/C20H20N2O2S.CH2O2/c23-18(9-16-11-22-6-3-13(16)4-7-22)20-17-2-1-14(10-19(17)25-21-20)15-5-8-24-12-15;2-1-3/h1-2,5,8,10,12-13,16H,3-4,6-7,9,11H2;1H,(H,2,3)/t16-;/m0./s1. The number of Topliss-reactive ketones (excluding diaryl/α,β-unsaturated/α-hetero) is 1. The van der Waals surface area contributed by atoms with Gasteiger partial charge in [0.05, 0.1) is 17.2 Å². The summed E-state index contributed by atoms with van der Waals surface area (Å²) >= 11 is 1.42. The lowest BCUT2D eigenvalue weighted by atomic mass is 9.76. The van der Waals surface area contributed by atoms with E-state index in [1.54, 1.807) is 12.5 Å². The Hall–Kier alpha value is -2.51. The quantitative estimate of drug-likeness (QED) is 0.524. The zero-order valence-electron chi connectivity index (χ0n) is 15.4. The molecule has 146 valence electrons. The summed E-state index contributed by atoms with van der Waals surface area (Å²) in [7, 11) is 0. The van der Waals surface area contributed by atoms with Crippen molar-refractivity contribution in [3.05, 3.63) is 42.5 Å². The van der Waals surface area contributed by atoms with E-state index in [4.69, 9.17) is 14.3 Å². The van der Waals surface area contributed by atoms with E-state index in [0.29, 0.717) is 18.0 Å². The van der Waals surface area contributed by atoms with Crippen LogP contribution in [0.4, 0.5) is 0 Å². The minimum atomic E-state index is -0.250. The van der Waals surface area contributed by atoms with Gasteiger partial charge in [0.1, 0.15) is 5.69 Å². The maximum atomic E-state index is 12.9. The van der Waals surface area contributed by atoms with Crippen LogP contribution in [-0.4, -0.2) is 46.3 Å². The maximum absolute atomic E-state index is 12.9. The van der Waals surface area contributed by atoms with Crippen LogP contribution in [0.2, 0.25) is 0 Å². The zero-order valence-corrected chi connectivity index (χ0v) is 16.2. The molecule has 0 aliphatic carbocycles. The molecule has 3 aliphatic rings. The topological polar surface area (TPSA) is 83.6 Å². The second-order valence-corrected chi connectivity index (χ2v) is 8.19. The molecule has 0 spiro atoms. The van der Waals surface area contributed by atoms with Gasteiger partial charge < -0.3 is 14.4 Å². The van der Waals surface area contributed by atoms with Gasteiger partial charge in [-0.25, -0.2) is 0 Å². The molecule has 2 bridgehead atoms. The van der Waals surface area contributed by atoms with Crippen LogP contribution in [0.1, 0.15) is 29.8 Å². The van der Waals surface area contributed by atoms with Gasteiger partial charge >= 0.3 is 0 Å². The first-order chi connectivity index (χ1) is 13.7. The molecule has 0 amide bonds. The maximum Gasteiger partial charge on any atom is 0.290 e. The summed E-state index contributed by atoms with van der Waals surface area (Å²) in [6, 6.07) is 8.13. The number of aromatic nitrogens is 1. The predicted molar refractivity (Wildman–Crippen MR) is 108 cm³/mol. The highest BCUT2D eigenvalue weighted by Crippen LogP contribution is 2.36. The normalized spacial score (nSPS) is 23.2. The van der Waals surface area contributed by atoms with Crippen molar-refractivity contribution in [2.75, 3.05) is 19.6 Å². The number of ketones is 1. The van der Waals surface area contributed by atoms with Crippen LogP contribution in [0.25, 0.3) is 21.2 Å². The van der Waals surface area contributed by atoms with Crippen LogP contribution in [0.5, 0.6) is 0 Å². The van der Waals surface area contributed by atoms with Crippen LogP contribution in [-0.2, 0) is 4.79 Å². The molecular weight excluding hydrogens is 376 g/mol. The average molecular weight is 398 g/mol. The van der Waals surface area contributed by atoms with E-state index in [2.05, 4.69) is 15.3 Å². The van der Waals surface area contributed by atoms with Gasteiger partial charge in [-0.1, -0.05) is 12.1 Å². The second kappa shape index (κ2) is 8.24. The summed E-state index contributed by atoms with van der Waals surface area (Å²) in [4.78, 5) is 23.8. The van der Waals surface area contributed by atoms with Crippen molar-refractivity contribution in [3.8, 4) is 11.1 Å². The van der Waals surface area contributed by atoms with Crippen molar-refractivity contribution in [2.24, 2.45) is 11.8 Å². The fourth-order valence-corrected chi connectivity index (χ4v) is 5.23. The number of hydrogen-bond donors (Lipinski definition) is 1. The first-order valence-corrected chi connectivity index (χ1v) is 10.2. The van der Waals surface area contributed by atoms with Crippen molar-refractivity contribution in [2.45, 2.75) is 19.3 Å². The first kappa shape index (κ1) is 18.8. The van der Waals surface area contributed by atoms with Crippen LogP contribution >= 0.6 is 11.5 Å². The van der Waals surface area contributed by atoms with E-state index in [0.717, 1.165) is 33.7 Å². The van der Waals surface area contributed by atoms with Crippen LogP contribution in [0.15, 0.2) is 41.2 Å². The molecule has 1 N–H and O–H groups in total. The van der Waals surface area contributed by atoms with E-state index in [9.17, 15) is 4.79 Å². The summed E-state index contributed by atoms with van der Waals surface area (Å²) in [6.07, 6.45) is 6.56. The van der Waals surface area contributed by atoms with Gasteiger partial charge in [-0.3, -0.25) is 9.59 Å². The summed E-state index contributed by atoms with van der Waals surface area (Å²) < 4.78 is 10.7. The number of carbonyl (C=O) groups excluding carboxylic acids is 1. The third-order valence-electron chi connectivity index (χ3n) is 5.83. The Morgan fingerprint density at radius 1 is 1.29 bits per heavy atom. The highest BCUT2D eigenvalue weighted by Gasteiger charge is 2.35. The molecule has 3 aromatic rings. The van der Waals surface area contributed by atoms with Gasteiger partial charge in [0.25, 0.3) is 6.47 Å². The number of benzene rings is 1. The average Bonchev–Trinajstić information content (AvgIpc) is 3.39. The van der Waals surface area contributed by atoms with Gasteiger partial charge in [0, 0.05) is 23.9 Å². The van der Waals surface area contributed by atoms with Gasteiger partial charge in [0.15, 0.2) is 5.78 Å². The lowest BCUT2D eigenvalue weighted by molar-refractivity contribution is -0.122. The van der Waals surface area contributed by atoms with Crippen molar-refractivity contribution in [3.63, 3.8) is 0 Å². The molecule has 3 fully saturated rings. The Bertz CT molecular complexity index is 958. The molecule has 1 atom stereocenters. The third kappa shape index (κ3) is 3.72. The fourth-order valence-electron chi connectivity index (χ4n) is 4.40. The molecule has 0 radical (unpaired) electrons. The fraction of sp³-hybridized carbons (Fsp3) is 0.381. The Balaban J connectivity index is 0.000000604. The largest absolute Gasteiger partial charge is 0.483 e. The number of nitrogens with zero attached hydrogens (tertiary/aromatic N) is 2. The lowest BCUT2D eigenvalue weighted by Crippen LogP contribution is -2.47. The van der Waals surface area contributed by atoms with Crippen LogP contribution in [0.3, 0.4) is 0 Å². The summed E-state index contributed by atoms with van der Waals surface area (Å²) in [5, 5.41) is 7.88. The molecular formula is C21H22N2O4S. The molecule has 0 saturated carbocycles. The van der Waals surface area contributed by atoms with Gasteiger partial charge in [-0.05, 0) is 67.0 Å². The molecule has 5 heterocycles. The molecule has 3 saturated heterocycles. The molecule has 6 rings (SSSR count). The minimum Gasteiger partial charge on any atom is -0.483 e. The van der Waals surface area contributed by atoms with Crippen LogP contribution < -0.4 is 0 Å². The third-order valence-corrected chi connectivity index (χ3v) is 6.64. The van der Waals surface area contributed by atoms with E-state index in [1.165, 1.54) is 37.5 Å². The number of fused-ring (bicyclic) bond motifs is 4. The number of carboxylic acid groups (broad SMARTS) is 1. The molecule has 0 unspecified atom stereocenters. The van der Waals surface area contributed by atoms with Crippen LogP contribution in [0, 0.1) is 11.8 Å². The minimum absolute atomic E-state index is 0.209. The number of hydrogen-bond acceptors (Lipinski definition) is 6. The first-order valence-electron chi connectivity index (χ1n) is 9.45. The zero-order chi connectivity index (χ0) is 19.5. The van der Waals surface area contributed by atoms with Crippen molar-refractivity contribution in [1.82, 2.24) is 9.27 Å². The Labute approximate surface area is 166 Å². The Morgan fingerprint density at radius 3 is 2.71 bits per heavy atom. The van der Waals surface area contributed by atoms with Gasteiger partial charge in [-0.2, -0.15) is 4.37 Å². The highest BCUT2D eigenvalue weighted by molar-refractivity contribution is 7.13. The van der Waals surface area contributed by atoms with Crippen molar-refractivity contribution < 1.29 is 19.1 Å². The smallest absolute Gasteiger partial charge is 0.290 e. The number of carbonyl (C=O) groups is 2. The summed E-state index contributed by atoms with van der Waals surface area (Å²) in [6.45, 7) is 3.26. The SMILES string of the molecule is O=C(C[C@H]1CN2CCC1CC2)c1nsc2cc(-c3ccoc3)ccc12.O=CO. The summed E-state index contributed by atoms with van der Waals surface area (Å²) in [5.74, 6) is 1.45. The van der Waals surface area contributed by atoms with Crippen molar-refractivity contribution in [1.29, 1.82) is 0 Å². The molecule has 3 aliphatic heterocycles. The number of rotatable bonds is 4. The van der Waals surface area contributed by atoms with Crippen molar-refractivity contribution >= 4 is 33.9 Å². The Kier molecular flexibility index (Phi) is 5.54. The monoisotopic (exact) mass is 398 g/mol. The van der Waals surface area contributed by atoms with E-state index < -0.39 is 0 Å². The molecule has 7 heteroatoms. The summed E-state index contributed by atoms with van der Waals surface area (Å²) in [5.41, 5.74) is 2.81. The highest BCUT2D eigenvalue weighted by atomic mass is 32.1. The predicted octanol–water partition coefficient (Wildman–Crippen LogP) is 4.17. The second-order valence-electron chi connectivity index (χ2n) is 7.38. The number of piperidine rings is 3. The molecule has 28 heavy (non-hydrogen) atoms. The molecule has 1 aromatic carbocycles. The molecule has 6 nitrogen and oxygen atoms in total. The van der Waals surface area contributed by atoms with E-state index in [-0.39, 0.29) is 12.3 Å². The van der Waals surface area contributed by atoms with Gasteiger partial charge in [0.2, 0.25) is 0 Å². The molecule has 2 aromatic heterocycles. The van der Waals surface area contributed by atoms with E-state index in [1.807, 2.05) is 18.2 Å². The number of furan rings is 1. The lowest BCUT2D eigenvalue weighted by Gasteiger charge is -2.44. The Morgan fingerprint density at radius 2 is 2.07 bits per heavy atom.